The zero-order valence-electron chi connectivity index (χ0n) is 20.8. The Morgan fingerprint density at radius 2 is 2.00 bits per heavy atom. The molecule has 0 spiro atoms. The molecule has 1 unspecified atom stereocenters. The van der Waals surface area contributed by atoms with Crippen molar-refractivity contribution in [1.82, 2.24) is 20.1 Å². The summed E-state index contributed by atoms with van der Waals surface area (Å²) in [6.45, 7) is 1.34. The molecule has 10 nitrogen and oxygen atoms in total. The van der Waals surface area contributed by atoms with E-state index in [2.05, 4.69) is 10.3 Å². The lowest BCUT2D eigenvalue weighted by atomic mass is 10.0. The average Bonchev–Trinajstić information content (AvgIpc) is 3.23. The van der Waals surface area contributed by atoms with Gasteiger partial charge in [-0.05, 0) is 55.0 Å². The minimum absolute atomic E-state index is 0.0395. The van der Waals surface area contributed by atoms with Crippen molar-refractivity contribution in [3.05, 3.63) is 53.2 Å². The Balaban J connectivity index is 1.21. The first-order valence-corrected chi connectivity index (χ1v) is 12.6. The van der Waals surface area contributed by atoms with Gasteiger partial charge < -0.3 is 19.3 Å². The number of benzene rings is 1. The highest BCUT2D eigenvalue weighted by atomic mass is 16.5. The summed E-state index contributed by atoms with van der Waals surface area (Å²) in [6.07, 6.45) is 5.32. The maximum atomic E-state index is 13.1. The third kappa shape index (κ3) is 5.28. The number of imide groups is 1. The van der Waals surface area contributed by atoms with Crippen molar-refractivity contribution in [3.8, 4) is 11.6 Å². The van der Waals surface area contributed by atoms with E-state index in [1.54, 1.807) is 31.5 Å². The van der Waals surface area contributed by atoms with Crippen molar-refractivity contribution in [1.29, 1.82) is 0 Å². The number of hydrogen-bond donors (Lipinski definition) is 1. The largest absolute Gasteiger partial charge is 0.491 e. The van der Waals surface area contributed by atoms with Crippen LogP contribution in [0.3, 0.4) is 0 Å². The predicted octanol–water partition coefficient (Wildman–Crippen LogP) is 1.85. The van der Waals surface area contributed by atoms with Crippen LogP contribution in [0.15, 0.2) is 36.5 Å². The van der Waals surface area contributed by atoms with Crippen LogP contribution in [0, 0.1) is 0 Å². The van der Waals surface area contributed by atoms with E-state index in [1.807, 2.05) is 17.0 Å². The minimum atomic E-state index is -0.648. The second kappa shape index (κ2) is 10.6. The fourth-order valence-electron chi connectivity index (χ4n) is 5.25. The Morgan fingerprint density at radius 1 is 1.14 bits per heavy atom. The van der Waals surface area contributed by atoms with Gasteiger partial charge in [-0.25, -0.2) is 4.98 Å². The number of methoxy groups -OCH3 is 1. The summed E-state index contributed by atoms with van der Waals surface area (Å²) in [5.41, 5.74) is 2.16. The number of pyridine rings is 1. The van der Waals surface area contributed by atoms with Gasteiger partial charge in [-0.1, -0.05) is 6.07 Å². The minimum Gasteiger partial charge on any atom is -0.491 e. The van der Waals surface area contributed by atoms with Gasteiger partial charge in [-0.15, -0.1) is 0 Å². The van der Waals surface area contributed by atoms with Gasteiger partial charge in [-0.3, -0.25) is 24.5 Å². The van der Waals surface area contributed by atoms with Gasteiger partial charge >= 0.3 is 0 Å². The molecular formula is C27H30N4O6. The summed E-state index contributed by atoms with van der Waals surface area (Å²) in [6, 6.07) is 8.22. The number of aromatic nitrogens is 1. The fraction of sp³-hybridized carbons (Fsp3) is 0.444. The Morgan fingerprint density at radius 3 is 2.76 bits per heavy atom. The quantitative estimate of drug-likeness (QED) is 0.570. The number of likely N-dealkylation sites (tertiary alicyclic amines) is 1. The molecule has 0 bridgehead atoms. The molecular weight excluding hydrogens is 476 g/mol. The number of carbonyl (C=O) groups excluding carboxylic acids is 4. The lowest BCUT2D eigenvalue weighted by Gasteiger charge is -2.35. The van der Waals surface area contributed by atoms with E-state index in [-0.39, 0.29) is 36.6 Å². The second-order valence-electron chi connectivity index (χ2n) is 9.65. The average molecular weight is 507 g/mol. The van der Waals surface area contributed by atoms with E-state index in [0.29, 0.717) is 43.3 Å². The van der Waals surface area contributed by atoms with Crippen LogP contribution in [0.5, 0.6) is 11.6 Å². The summed E-state index contributed by atoms with van der Waals surface area (Å²) in [4.78, 5) is 57.3. The van der Waals surface area contributed by atoms with Crippen LogP contribution in [0.2, 0.25) is 0 Å². The second-order valence-corrected chi connectivity index (χ2v) is 9.65. The molecule has 3 aliphatic rings. The summed E-state index contributed by atoms with van der Waals surface area (Å²) < 4.78 is 11.2. The van der Waals surface area contributed by atoms with Gasteiger partial charge in [-0.2, -0.15) is 0 Å². The van der Waals surface area contributed by atoms with Crippen molar-refractivity contribution in [2.24, 2.45) is 0 Å². The fourth-order valence-corrected chi connectivity index (χ4v) is 5.25. The van der Waals surface area contributed by atoms with Gasteiger partial charge in [0, 0.05) is 37.3 Å². The van der Waals surface area contributed by atoms with E-state index in [1.165, 1.54) is 4.90 Å². The van der Waals surface area contributed by atoms with Crippen molar-refractivity contribution in [2.75, 3.05) is 20.3 Å². The maximum Gasteiger partial charge on any atom is 0.255 e. The van der Waals surface area contributed by atoms with Crippen LogP contribution < -0.4 is 14.8 Å². The number of amides is 4. The molecule has 4 amide bonds. The molecule has 37 heavy (non-hydrogen) atoms. The Labute approximate surface area is 214 Å². The van der Waals surface area contributed by atoms with Crippen molar-refractivity contribution in [3.63, 3.8) is 0 Å². The lowest BCUT2D eigenvalue weighted by Crippen LogP contribution is -2.52. The van der Waals surface area contributed by atoms with Crippen LogP contribution in [-0.2, 0) is 27.3 Å². The van der Waals surface area contributed by atoms with E-state index in [9.17, 15) is 19.2 Å². The molecule has 2 fully saturated rings. The van der Waals surface area contributed by atoms with Crippen LogP contribution in [0.25, 0.3) is 0 Å². The number of hydrogen-bond acceptors (Lipinski definition) is 7. The van der Waals surface area contributed by atoms with Crippen LogP contribution in [0.4, 0.5) is 0 Å². The lowest BCUT2D eigenvalue weighted by molar-refractivity contribution is -0.137. The molecule has 5 rings (SSSR count). The van der Waals surface area contributed by atoms with E-state index >= 15 is 0 Å². The van der Waals surface area contributed by atoms with Crippen LogP contribution >= 0.6 is 0 Å². The molecule has 194 valence electrons. The molecule has 3 aliphatic heterocycles. The summed E-state index contributed by atoms with van der Waals surface area (Å²) in [7, 11) is 1.55. The summed E-state index contributed by atoms with van der Waals surface area (Å²) in [5, 5.41) is 2.32. The smallest absolute Gasteiger partial charge is 0.255 e. The Kier molecular flexibility index (Phi) is 7.07. The van der Waals surface area contributed by atoms with Crippen molar-refractivity contribution in [2.45, 2.75) is 57.2 Å². The zero-order chi connectivity index (χ0) is 25.9. The van der Waals surface area contributed by atoms with Crippen molar-refractivity contribution >= 4 is 23.6 Å². The molecule has 1 N–H and O–H groups in total. The third-order valence-electron chi connectivity index (χ3n) is 7.25. The molecule has 2 atom stereocenters. The molecule has 1 aromatic heterocycles. The molecule has 2 aromatic rings. The number of nitrogens with one attached hydrogen (secondary N) is 1. The summed E-state index contributed by atoms with van der Waals surface area (Å²) >= 11 is 0. The topological polar surface area (TPSA) is 118 Å². The maximum absolute atomic E-state index is 13.1. The standard InChI is InChI=1S/C27H30N4O6/c1-36-24-10-5-17(14-28-24)12-25(33)30-11-3-2-4-19(30)16-37-20-6-7-21-18(13-20)15-31(27(21)35)22-8-9-23(32)29-26(22)34/h5-7,10,13-14,19,22H,2-4,8-9,11-12,15-16H2,1H3,(H,29,32,34)/t19-,22?/m1/s1. The van der Waals surface area contributed by atoms with Gasteiger partial charge in [0.25, 0.3) is 5.91 Å². The van der Waals surface area contributed by atoms with Crippen molar-refractivity contribution < 1.29 is 28.7 Å². The molecule has 2 saturated heterocycles. The number of rotatable bonds is 7. The van der Waals surface area contributed by atoms with Gasteiger partial charge in [0.05, 0.1) is 19.6 Å². The molecule has 0 saturated carbocycles. The molecule has 1 aromatic carbocycles. The number of piperidine rings is 2. The normalized spacial score (nSPS) is 21.5. The van der Waals surface area contributed by atoms with Gasteiger partial charge in [0.2, 0.25) is 23.6 Å². The van der Waals surface area contributed by atoms with Gasteiger partial charge in [0.1, 0.15) is 18.4 Å². The Bertz CT molecular complexity index is 1210. The highest BCUT2D eigenvalue weighted by molar-refractivity contribution is 6.05. The molecule has 4 heterocycles. The number of ether oxygens (including phenoxy) is 2. The molecule has 0 radical (unpaired) electrons. The SMILES string of the molecule is COc1ccc(CC(=O)N2CCCC[C@@H]2COc2ccc3c(c2)CN(C2CCC(=O)NC2=O)C3=O)cn1. The molecule has 10 heteroatoms. The summed E-state index contributed by atoms with van der Waals surface area (Å²) in [5.74, 6) is 0.219. The van der Waals surface area contributed by atoms with E-state index in [0.717, 1.165) is 30.4 Å². The van der Waals surface area contributed by atoms with E-state index in [4.69, 9.17) is 9.47 Å². The first-order valence-electron chi connectivity index (χ1n) is 12.6. The van der Waals surface area contributed by atoms with Crippen LogP contribution in [0.1, 0.15) is 53.6 Å². The third-order valence-corrected chi connectivity index (χ3v) is 7.25. The van der Waals surface area contributed by atoms with Crippen LogP contribution in [-0.4, -0.2) is 70.8 Å². The first-order chi connectivity index (χ1) is 17.9. The first kappa shape index (κ1) is 24.7. The van der Waals surface area contributed by atoms with Gasteiger partial charge in [0.15, 0.2) is 0 Å². The highest BCUT2D eigenvalue weighted by Gasteiger charge is 2.39. The monoisotopic (exact) mass is 506 g/mol. The van der Waals surface area contributed by atoms with E-state index < -0.39 is 11.9 Å². The highest BCUT2D eigenvalue weighted by Crippen LogP contribution is 2.30. The number of fused-ring (bicyclic) bond motifs is 1. The predicted molar refractivity (Wildman–Crippen MR) is 132 cm³/mol. The molecule has 0 aliphatic carbocycles. The number of nitrogens with zero attached hydrogens (tertiary/aromatic N) is 3. The Hall–Kier alpha value is -3.95. The number of carbonyl (C=O) groups is 4. The zero-order valence-corrected chi connectivity index (χ0v) is 20.8.